The number of nitrogens with zero attached hydrogens (tertiary/aromatic N) is 1. The first kappa shape index (κ1) is 9.78. The van der Waals surface area contributed by atoms with Gasteiger partial charge in [-0.1, -0.05) is 5.57 Å². The number of hydrogen-bond acceptors (Lipinski definition) is 2. The Morgan fingerprint density at radius 2 is 2.00 bits per heavy atom. The molecule has 70 valence electrons. The molecule has 0 aliphatic carbocycles. The van der Waals surface area contributed by atoms with Crippen molar-refractivity contribution in [3.8, 4) is 0 Å². The third-order valence-corrected chi connectivity index (χ3v) is 1.74. The predicted octanol–water partition coefficient (Wildman–Crippen LogP) is 3.03. The molecule has 1 rings (SSSR count). The number of aromatic nitrogens is 1. The number of aryl methyl sites for hydroxylation is 2. The van der Waals surface area contributed by atoms with E-state index < -0.39 is 0 Å². The van der Waals surface area contributed by atoms with Crippen molar-refractivity contribution in [2.24, 2.45) is 0 Å². The zero-order chi connectivity index (χ0) is 9.84. The molecular weight excluding hydrogens is 160 g/mol. The molecule has 0 unspecified atom stereocenters. The zero-order valence-corrected chi connectivity index (χ0v) is 8.68. The summed E-state index contributed by atoms with van der Waals surface area (Å²) < 4.78 is 0. The molecule has 1 N–H and O–H groups in total. The molecule has 0 amide bonds. The van der Waals surface area contributed by atoms with Crippen LogP contribution in [0.15, 0.2) is 23.9 Å². The van der Waals surface area contributed by atoms with Crippen LogP contribution in [0.2, 0.25) is 0 Å². The Kier molecular flexibility index (Phi) is 3.07. The second-order valence-electron chi connectivity index (χ2n) is 3.45. The molecule has 0 saturated carbocycles. The Morgan fingerprint density at radius 3 is 2.54 bits per heavy atom. The molecule has 0 atom stereocenters. The first-order chi connectivity index (χ1) is 6.09. The van der Waals surface area contributed by atoms with Gasteiger partial charge in [-0.2, -0.15) is 0 Å². The molecule has 0 aromatic carbocycles. The summed E-state index contributed by atoms with van der Waals surface area (Å²) >= 11 is 0. The topological polar surface area (TPSA) is 24.9 Å². The van der Waals surface area contributed by atoms with Crippen molar-refractivity contribution < 1.29 is 0 Å². The first-order valence-electron chi connectivity index (χ1n) is 4.44. The second kappa shape index (κ2) is 4.08. The molecule has 0 saturated heterocycles. The van der Waals surface area contributed by atoms with Crippen molar-refractivity contribution in [2.45, 2.75) is 27.7 Å². The summed E-state index contributed by atoms with van der Waals surface area (Å²) in [5, 5.41) is 3.22. The summed E-state index contributed by atoms with van der Waals surface area (Å²) in [5.74, 6) is 0. The molecule has 1 heterocycles. The van der Waals surface area contributed by atoms with Crippen molar-refractivity contribution in [3.05, 3.63) is 35.3 Å². The fraction of sp³-hybridized carbons (Fsp3) is 0.364. The van der Waals surface area contributed by atoms with Gasteiger partial charge in [-0.05, 0) is 46.0 Å². The monoisotopic (exact) mass is 176 g/mol. The average molecular weight is 176 g/mol. The highest BCUT2D eigenvalue weighted by molar-refractivity contribution is 5.49. The van der Waals surface area contributed by atoms with Crippen LogP contribution < -0.4 is 5.32 Å². The molecule has 0 aliphatic rings. The van der Waals surface area contributed by atoms with Gasteiger partial charge in [-0.15, -0.1) is 0 Å². The van der Waals surface area contributed by atoms with E-state index >= 15 is 0 Å². The van der Waals surface area contributed by atoms with Crippen molar-refractivity contribution >= 4 is 5.69 Å². The average Bonchev–Trinajstić information content (AvgIpc) is 2.02. The van der Waals surface area contributed by atoms with Gasteiger partial charge in [0.1, 0.15) is 0 Å². The van der Waals surface area contributed by atoms with Crippen LogP contribution in [-0.2, 0) is 0 Å². The number of hydrogen-bond donors (Lipinski definition) is 1. The molecule has 0 aliphatic heterocycles. The van der Waals surface area contributed by atoms with Crippen LogP contribution >= 0.6 is 0 Å². The summed E-state index contributed by atoms with van der Waals surface area (Å²) in [6, 6.07) is 4.06. The lowest BCUT2D eigenvalue weighted by Crippen LogP contribution is -1.95. The molecule has 2 nitrogen and oxygen atoms in total. The molecule has 1 aromatic heterocycles. The maximum absolute atomic E-state index is 4.36. The number of rotatable bonds is 2. The minimum atomic E-state index is 1.04. The van der Waals surface area contributed by atoms with Gasteiger partial charge in [0.2, 0.25) is 0 Å². The molecule has 0 radical (unpaired) electrons. The van der Waals surface area contributed by atoms with Crippen LogP contribution in [0.1, 0.15) is 25.2 Å². The van der Waals surface area contributed by atoms with Crippen LogP contribution in [-0.4, -0.2) is 4.98 Å². The molecule has 1 aromatic rings. The van der Waals surface area contributed by atoms with Crippen LogP contribution in [0.25, 0.3) is 0 Å². The summed E-state index contributed by atoms with van der Waals surface area (Å²) in [7, 11) is 0. The first-order valence-corrected chi connectivity index (χ1v) is 4.44. The third kappa shape index (κ3) is 2.90. The highest BCUT2D eigenvalue weighted by Gasteiger charge is 1.96. The van der Waals surface area contributed by atoms with E-state index in [0.29, 0.717) is 0 Å². The van der Waals surface area contributed by atoms with Crippen molar-refractivity contribution in [3.63, 3.8) is 0 Å². The van der Waals surface area contributed by atoms with Gasteiger partial charge in [0.15, 0.2) is 0 Å². The molecule has 13 heavy (non-hydrogen) atoms. The number of allylic oxidation sites excluding steroid dienone is 1. The van der Waals surface area contributed by atoms with Gasteiger partial charge in [0.05, 0.1) is 11.4 Å². The fourth-order valence-corrected chi connectivity index (χ4v) is 1.06. The summed E-state index contributed by atoms with van der Waals surface area (Å²) in [6.45, 7) is 8.12. The van der Waals surface area contributed by atoms with E-state index in [1.807, 2.05) is 26.1 Å². The summed E-state index contributed by atoms with van der Waals surface area (Å²) in [4.78, 5) is 4.36. The Balaban J connectivity index is 2.84. The largest absolute Gasteiger partial charge is 0.360 e. The minimum absolute atomic E-state index is 1.04. The van der Waals surface area contributed by atoms with Gasteiger partial charge in [0.25, 0.3) is 0 Å². The summed E-state index contributed by atoms with van der Waals surface area (Å²) in [5.41, 5.74) is 4.42. The van der Waals surface area contributed by atoms with Gasteiger partial charge < -0.3 is 5.32 Å². The Hall–Kier alpha value is -1.31. The molecule has 2 heteroatoms. The van der Waals surface area contributed by atoms with Crippen molar-refractivity contribution in [1.29, 1.82) is 0 Å². The van der Waals surface area contributed by atoms with Crippen molar-refractivity contribution in [1.82, 2.24) is 4.98 Å². The van der Waals surface area contributed by atoms with E-state index in [-0.39, 0.29) is 0 Å². The SMILES string of the molecule is CC(C)=CNc1ccc(C)nc1C. The van der Waals surface area contributed by atoms with E-state index in [0.717, 1.165) is 17.1 Å². The van der Waals surface area contributed by atoms with E-state index in [1.54, 1.807) is 0 Å². The van der Waals surface area contributed by atoms with Crippen LogP contribution in [0.3, 0.4) is 0 Å². The Morgan fingerprint density at radius 1 is 1.31 bits per heavy atom. The van der Waals surface area contributed by atoms with Gasteiger partial charge in [0, 0.05) is 5.69 Å². The zero-order valence-electron chi connectivity index (χ0n) is 8.68. The summed E-state index contributed by atoms with van der Waals surface area (Å²) in [6.07, 6.45) is 1.99. The maximum atomic E-state index is 4.36. The minimum Gasteiger partial charge on any atom is -0.360 e. The molecule has 0 bridgehead atoms. The van der Waals surface area contributed by atoms with Crippen LogP contribution in [0.4, 0.5) is 5.69 Å². The lowest BCUT2D eigenvalue weighted by atomic mass is 10.2. The second-order valence-corrected chi connectivity index (χ2v) is 3.45. The quantitative estimate of drug-likeness (QED) is 0.749. The lowest BCUT2D eigenvalue weighted by Gasteiger charge is -2.05. The molecule has 0 spiro atoms. The van der Waals surface area contributed by atoms with Gasteiger partial charge in [-0.3, -0.25) is 4.98 Å². The van der Waals surface area contributed by atoms with Gasteiger partial charge in [-0.25, -0.2) is 0 Å². The highest BCUT2D eigenvalue weighted by Crippen LogP contribution is 2.12. The fourth-order valence-electron chi connectivity index (χ4n) is 1.06. The smallest absolute Gasteiger partial charge is 0.0610 e. The van der Waals surface area contributed by atoms with E-state index in [1.165, 1.54) is 5.57 Å². The van der Waals surface area contributed by atoms with Crippen molar-refractivity contribution in [2.75, 3.05) is 5.32 Å². The number of pyridine rings is 1. The van der Waals surface area contributed by atoms with Crippen LogP contribution in [0, 0.1) is 13.8 Å². The number of anilines is 1. The highest BCUT2D eigenvalue weighted by atomic mass is 14.9. The standard InChI is InChI=1S/C11H16N2/c1-8(2)7-12-11-6-5-9(3)13-10(11)4/h5-7,12H,1-4H3. The van der Waals surface area contributed by atoms with E-state index in [2.05, 4.69) is 30.2 Å². The number of nitrogens with one attached hydrogen (secondary N) is 1. The van der Waals surface area contributed by atoms with E-state index in [9.17, 15) is 0 Å². The molecule has 0 fully saturated rings. The maximum Gasteiger partial charge on any atom is 0.0610 e. The predicted molar refractivity (Wildman–Crippen MR) is 56.8 cm³/mol. The lowest BCUT2D eigenvalue weighted by molar-refractivity contribution is 1.12. The van der Waals surface area contributed by atoms with E-state index in [4.69, 9.17) is 0 Å². The molecular formula is C11H16N2. The Bertz CT molecular complexity index is 323. The van der Waals surface area contributed by atoms with Gasteiger partial charge >= 0.3 is 0 Å². The third-order valence-electron chi connectivity index (χ3n) is 1.74. The normalized spacial score (nSPS) is 9.54. The van der Waals surface area contributed by atoms with Crippen LogP contribution in [0.5, 0.6) is 0 Å². The Labute approximate surface area is 79.7 Å².